The zero-order valence-corrected chi connectivity index (χ0v) is 15.0. The number of benzene rings is 2. The van der Waals surface area contributed by atoms with E-state index < -0.39 is 0 Å². The predicted molar refractivity (Wildman–Crippen MR) is 105 cm³/mol. The molecular formula is C21H22ClN3. The lowest BCUT2D eigenvalue weighted by Gasteiger charge is -2.23. The number of rotatable bonds is 3. The molecule has 0 radical (unpaired) electrons. The molecular weight excluding hydrogens is 330 g/mol. The first-order valence-electron chi connectivity index (χ1n) is 8.86. The van der Waals surface area contributed by atoms with Crippen LogP contribution >= 0.6 is 11.6 Å². The van der Waals surface area contributed by atoms with Crippen LogP contribution in [0, 0.1) is 0 Å². The maximum absolute atomic E-state index is 6.41. The third-order valence-electron chi connectivity index (χ3n) is 4.84. The van der Waals surface area contributed by atoms with E-state index in [1.807, 2.05) is 18.2 Å². The molecule has 0 aliphatic carbocycles. The Labute approximate surface area is 153 Å². The molecule has 3 aromatic rings. The minimum absolute atomic E-state index is 0.596. The summed E-state index contributed by atoms with van der Waals surface area (Å²) in [6, 6.07) is 21.0. The highest BCUT2D eigenvalue weighted by atomic mass is 35.5. The minimum Gasteiger partial charge on any atom is -0.355 e. The van der Waals surface area contributed by atoms with Crippen molar-refractivity contribution in [3.8, 4) is 0 Å². The van der Waals surface area contributed by atoms with E-state index in [2.05, 4.69) is 57.2 Å². The molecule has 0 bridgehead atoms. The van der Waals surface area contributed by atoms with Gasteiger partial charge in [-0.3, -0.25) is 4.90 Å². The minimum atomic E-state index is 0.596. The lowest BCUT2D eigenvalue weighted by atomic mass is 10.2. The van der Waals surface area contributed by atoms with Crippen molar-refractivity contribution in [2.24, 2.45) is 0 Å². The van der Waals surface area contributed by atoms with Gasteiger partial charge in [-0.15, -0.1) is 0 Å². The molecule has 0 N–H and O–H groups in total. The summed E-state index contributed by atoms with van der Waals surface area (Å²) in [5.41, 5.74) is 1.38. The van der Waals surface area contributed by atoms with Gasteiger partial charge >= 0.3 is 0 Å². The van der Waals surface area contributed by atoms with Crippen LogP contribution in [0.1, 0.15) is 12.0 Å². The molecule has 2 heterocycles. The van der Waals surface area contributed by atoms with Gasteiger partial charge < -0.3 is 4.90 Å². The monoisotopic (exact) mass is 351 g/mol. The predicted octanol–water partition coefficient (Wildman–Crippen LogP) is 4.60. The Hall–Kier alpha value is -2.10. The van der Waals surface area contributed by atoms with Gasteiger partial charge in [0.1, 0.15) is 11.0 Å². The fourth-order valence-electron chi connectivity index (χ4n) is 3.50. The van der Waals surface area contributed by atoms with E-state index in [1.54, 1.807) is 0 Å². The fourth-order valence-corrected chi connectivity index (χ4v) is 3.76. The summed E-state index contributed by atoms with van der Waals surface area (Å²) in [7, 11) is 0. The van der Waals surface area contributed by atoms with Gasteiger partial charge in [0.25, 0.3) is 0 Å². The fraction of sp³-hybridized carbons (Fsp3) is 0.286. The summed E-state index contributed by atoms with van der Waals surface area (Å²) in [5, 5.41) is 2.77. The number of hydrogen-bond acceptors (Lipinski definition) is 3. The SMILES string of the molecule is Clc1nc(N2CCCN(Cc3ccccc3)CC2)cc2ccccc12. The van der Waals surface area contributed by atoms with Crippen LogP contribution in [0.4, 0.5) is 5.82 Å². The van der Waals surface area contributed by atoms with Crippen LogP contribution in [0.2, 0.25) is 5.15 Å². The van der Waals surface area contributed by atoms with Gasteiger partial charge in [-0.05, 0) is 23.4 Å². The van der Waals surface area contributed by atoms with Crippen molar-refractivity contribution in [2.75, 3.05) is 31.1 Å². The van der Waals surface area contributed by atoms with Crippen molar-refractivity contribution in [3.63, 3.8) is 0 Å². The Kier molecular flexibility index (Phi) is 4.86. The molecule has 0 spiro atoms. The van der Waals surface area contributed by atoms with Crippen LogP contribution in [0.3, 0.4) is 0 Å². The summed E-state index contributed by atoms with van der Waals surface area (Å²) in [4.78, 5) is 9.54. The topological polar surface area (TPSA) is 19.4 Å². The van der Waals surface area contributed by atoms with Crippen LogP contribution in [0.15, 0.2) is 60.7 Å². The average molecular weight is 352 g/mol. The van der Waals surface area contributed by atoms with Gasteiger partial charge in [0.2, 0.25) is 0 Å². The summed E-state index contributed by atoms with van der Waals surface area (Å²) in [6.07, 6.45) is 1.14. The van der Waals surface area contributed by atoms with Crippen molar-refractivity contribution in [1.29, 1.82) is 0 Å². The zero-order chi connectivity index (χ0) is 17.1. The standard InChI is InChI=1S/C21H22ClN3/c22-21-19-10-5-4-9-18(19)15-20(23-21)25-12-6-11-24(13-14-25)16-17-7-2-1-3-8-17/h1-5,7-10,15H,6,11-14,16H2. The molecule has 1 saturated heterocycles. The first-order valence-corrected chi connectivity index (χ1v) is 9.24. The molecule has 0 amide bonds. The first kappa shape index (κ1) is 16.4. The second-order valence-electron chi connectivity index (χ2n) is 6.59. The molecule has 1 fully saturated rings. The van der Waals surface area contributed by atoms with Gasteiger partial charge in [-0.25, -0.2) is 4.98 Å². The largest absolute Gasteiger partial charge is 0.355 e. The molecule has 25 heavy (non-hydrogen) atoms. The number of hydrogen-bond donors (Lipinski definition) is 0. The molecule has 4 heteroatoms. The molecule has 0 saturated carbocycles. The van der Waals surface area contributed by atoms with Gasteiger partial charge in [-0.1, -0.05) is 66.2 Å². The summed E-state index contributed by atoms with van der Waals surface area (Å²) < 4.78 is 0. The summed E-state index contributed by atoms with van der Waals surface area (Å²) >= 11 is 6.41. The van der Waals surface area contributed by atoms with Crippen molar-refractivity contribution in [2.45, 2.75) is 13.0 Å². The van der Waals surface area contributed by atoms with E-state index in [-0.39, 0.29) is 0 Å². The number of pyridine rings is 1. The maximum atomic E-state index is 6.41. The Morgan fingerprint density at radius 1 is 0.880 bits per heavy atom. The highest BCUT2D eigenvalue weighted by Crippen LogP contribution is 2.27. The second-order valence-corrected chi connectivity index (χ2v) is 6.95. The van der Waals surface area contributed by atoms with Crippen LogP contribution < -0.4 is 4.90 Å². The zero-order valence-electron chi connectivity index (χ0n) is 14.2. The van der Waals surface area contributed by atoms with Gasteiger partial charge in [-0.2, -0.15) is 0 Å². The molecule has 0 atom stereocenters. The highest BCUT2D eigenvalue weighted by molar-refractivity contribution is 6.34. The van der Waals surface area contributed by atoms with Crippen LogP contribution in [-0.2, 0) is 6.54 Å². The number of fused-ring (bicyclic) bond motifs is 1. The van der Waals surface area contributed by atoms with E-state index in [1.165, 1.54) is 5.56 Å². The van der Waals surface area contributed by atoms with Gasteiger partial charge in [0.15, 0.2) is 0 Å². The Balaban J connectivity index is 1.49. The van der Waals surface area contributed by atoms with Crippen LogP contribution in [-0.4, -0.2) is 36.1 Å². The van der Waals surface area contributed by atoms with Crippen molar-refractivity contribution in [3.05, 3.63) is 71.4 Å². The molecule has 4 rings (SSSR count). The van der Waals surface area contributed by atoms with Crippen molar-refractivity contribution >= 4 is 28.2 Å². The number of halogens is 1. The number of nitrogens with zero attached hydrogens (tertiary/aromatic N) is 3. The molecule has 128 valence electrons. The van der Waals surface area contributed by atoms with Crippen molar-refractivity contribution in [1.82, 2.24) is 9.88 Å². The van der Waals surface area contributed by atoms with E-state index in [0.29, 0.717) is 5.15 Å². The van der Waals surface area contributed by atoms with E-state index in [9.17, 15) is 0 Å². The van der Waals surface area contributed by atoms with E-state index in [0.717, 1.165) is 55.7 Å². The number of anilines is 1. The quantitative estimate of drug-likeness (QED) is 0.643. The van der Waals surface area contributed by atoms with Crippen molar-refractivity contribution < 1.29 is 0 Å². The normalized spacial score (nSPS) is 16.1. The molecule has 2 aromatic carbocycles. The van der Waals surface area contributed by atoms with Gasteiger partial charge in [0.05, 0.1) is 0 Å². The molecule has 3 nitrogen and oxygen atoms in total. The third kappa shape index (κ3) is 3.78. The maximum Gasteiger partial charge on any atom is 0.139 e. The molecule has 1 aromatic heterocycles. The lowest BCUT2D eigenvalue weighted by molar-refractivity contribution is 0.285. The summed E-state index contributed by atoms with van der Waals surface area (Å²) in [6.45, 7) is 5.18. The smallest absolute Gasteiger partial charge is 0.139 e. The second kappa shape index (κ2) is 7.42. The van der Waals surface area contributed by atoms with Gasteiger partial charge in [0, 0.05) is 38.1 Å². The average Bonchev–Trinajstić information content (AvgIpc) is 2.88. The van der Waals surface area contributed by atoms with Crippen LogP contribution in [0.5, 0.6) is 0 Å². The van der Waals surface area contributed by atoms with Crippen LogP contribution in [0.25, 0.3) is 10.8 Å². The molecule has 1 aliphatic rings. The summed E-state index contributed by atoms with van der Waals surface area (Å²) in [5.74, 6) is 0.991. The Bertz CT molecular complexity index is 850. The van der Waals surface area contributed by atoms with E-state index in [4.69, 9.17) is 11.6 Å². The Morgan fingerprint density at radius 3 is 2.56 bits per heavy atom. The number of aromatic nitrogens is 1. The van der Waals surface area contributed by atoms with E-state index >= 15 is 0 Å². The Morgan fingerprint density at radius 2 is 1.68 bits per heavy atom. The highest BCUT2D eigenvalue weighted by Gasteiger charge is 2.17. The third-order valence-corrected chi connectivity index (χ3v) is 5.13. The first-order chi connectivity index (χ1) is 12.3. The molecule has 0 unspecified atom stereocenters. The molecule has 1 aliphatic heterocycles. The lowest BCUT2D eigenvalue weighted by Crippen LogP contribution is -2.31.